The van der Waals surface area contributed by atoms with E-state index in [0.29, 0.717) is 33.6 Å². The second kappa shape index (κ2) is 9.93. The fourth-order valence-electron chi connectivity index (χ4n) is 2.41. The second-order valence-corrected chi connectivity index (χ2v) is 6.02. The van der Waals surface area contributed by atoms with Crippen molar-refractivity contribution in [2.45, 2.75) is 26.6 Å². The first-order chi connectivity index (χ1) is 13.3. The maximum absolute atomic E-state index is 12.5. The van der Waals surface area contributed by atoms with Crippen molar-refractivity contribution in [2.75, 3.05) is 14.2 Å². The molecule has 1 aromatic heterocycles. The summed E-state index contributed by atoms with van der Waals surface area (Å²) in [6.07, 6.45) is 0. The molecule has 0 saturated heterocycles. The Hall–Kier alpha value is -2.81. The Bertz CT molecular complexity index is 855. The van der Waals surface area contributed by atoms with E-state index in [1.165, 1.54) is 25.3 Å². The van der Waals surface area contributed by atoms with Gasteiger partial charge in [-0.1, -0.05) is 11.6 Å². The molecule has 0 fully saturated rings. The lowest BCUT2D eigenvalue weighted by atomic mass is 10.2. The minimum absolute atomic E-state index is 0.0201. The van der Waals surface area contributed by atoms with Crippen molar-refractivity contribution in [3.8, 4) is 5.75 Å². The highest BCUT2D eigenvalue weighted by atomic mass is 35.5. The Morgan fingerprint density at radius 1 is 1.29 bits per heavy atom. The molecular formula is C18H20ClF2N3O4. The molecule has 28 heavy (non-hydrogen) atoms. The zero-order valence-electron chi connectivity index (χ0n) is 15.5. The van der Waals surface area contributed by atoms with Gasteiger partial charge in [-0.25, -0.2) is 4.79 Å². The molecule has 10 heteroatoms. The Morgan fingerprint density at radius 3 is 2.64 bits per heavy atom. The van der Waals surface area contributed by atoms with Gasteiger partial charge in [0.05, 0.1) is 13.7 Å². The van der Waals surface area contributed by atoms with Crippen LogP contribution in [-0.2, 0) is 17.8 Å². The van der Waals surface area contributed by atoms with Crippen LogP contribution in [0.3, 0.4) is 0 Å². The predicted octanol–water partition coefficient (Wildman–Crippen LogP) is 3.49. The lowest BCUT2D eigenvalue weighted by molar-refractivity contribution is -0.0504. The number of rotatable bonds is 7. The molecule has 0 bridgehead atoms. The van der Waals surface area contributed by atoms with Crippen LogP contribution in [0.1, 0.15) is 27.4 Å². The van der Waals surface area contributed by atoms with Gasteiger partial charge in [0.2, 0.25) is 0 Å². The van der Waals surface area contributed by atoms with Gasteiger partial charge in [-0.3, -0.25) is 4.99 Å². The lowest BCUT2D eigenvalue weighted by Crippen LogP contribution is -2.36. The van der Waals surface area contributed by atoms with Gasteiger partial charge in [0.15, 0.2) is 5.96 Å². The normalized spacial score (nSPS) is 11.5. The van der Waals surface area contributed by atoms with Crippen LogP contribution in [0.4, 0.5) is 8.78 Å². The standard InChI is InChI=1S/C18H20ClF2N3O4/c1-10-14(16(25)26-3)7-13(27-10)9-24-18(22-2)23-8-11-6-12(19)4-5-15(11)28-17(20)21/h4-7,17H,8-9H2,1-3H3,(H2,22,23,24). The number of aryl methyl sites for hydroxylation is 1. The third-order valence-corrected chi connectivity index (χ3v) is 3.95. The molecule has 2 N–H and O–H groups in total. The molecule has 1 heterocycles. The van der Waals surface area contributed by atoms with Crippen molar-refractivity contribution in [1.29, 1.82) is 0 Å². The molecule has 0 aliphatic rings. The summed E-state index contributed by atoms with van der Waals surface area (Å²) in [7, 11) is 2.84. The summed E-state index contributed by atoms with van der Waals surface area (Å²) in [5.41, 5.74) is 0.785. The lowest BCUT2D eigenvalue weighted by Gasteiger charge is -2.14. The largest absolute Gasteiger partial charge is 0.465 e. The summed E-state index contributed by atoms with van der Waals surface area (Å²) in [6.45, 7) is -0.893. The maximum Gasteiger partial charge on any atom is 0.387 e. The molecule has 0 saturated carbocycles. The van der Waals surface area contributed by atoms with E-state index in [-0.39, 0.29) is 18.8 Å². The molecule has 2 aromatic rings. The number of nitrogens with zero attached hydrogens (tertiary/aromatic N) is 1. The smallest absolute Gasteiger partial charge is 0.387 e. The van der Waals surface area contributed by atoms with E-state index in [1.54, 1.807) is 20.0 Å². The fraction of sp³-hybridized carbons (Fsp3) is 0.333. The number of carbonyl (C=O) groups excluding carboxylic acids is 1. The number of hydrogen-bond acceptors (Lipinski definition) is 5. The van der Waals surface area contributed by atoms with E-state index in [4.69, 9.17) is 16.0 Å². The van der Waals surface area contributed by atoms with Gasteiger partial charge in [-0.15, -0.1) is 0 Å². The van der Waals surface area contributed by atoms with Crippen LogP contribution >= 0.6 is 11.6 Å². The molecule has 0 atom stereocenters. The summed E-state index contributed by atoms with van der Waals surface area (Å²) in [5.74, 6) is 0.871. The quantitative estimate of drug-likeness (QED) is 0.409. The number of guanidine groups is 1. The number of carbonyl (C=O) groups is 1. The molecule has 0 aliphatic heterocycles. The van der Waals surface area contributed by atoms with Gasteiger partial charge < -0.3 is 24.5 Å². The van der Waals surface area contributed by atoms with E-state index in [9.17, 15) is 13.6 Å². The van der Waals surface area contributed by atoms with Crippen molar-refractivity contribution >= 4 is 23.5 Å². The molecule has 1 aromatic carbocycles. The number of ether oxygens (including phenoxy) is 2. The van der Waals surface area contributed by atoms with Gasteiger partial charge in [-0.05, 0) is 31.2 Å². The molecule has 7 nitrogen and oxygen atoms in total. The highest BCUT2D eigenvalue weighted by molar-refractivity contribution is 6.30. The van der Waals surface area contributed by atoms with Crippen LogP contribution in [0, 0.1) is 6.92 Å². The van der Waals surface area contributed by atoms with Crippen molar-refractivity contribution in [3.63, 3.8) is 0 Å². The first-order valence-electron chi connectivity index (χ1n) is 8.19. The molecule has 0 radical (unpaired) electrons. The fourth-order valence-corrected chi connectivity index (χ4v) is 2.61. The van der Waals surface area contributed by atoms with Crippen LogP contribution in [0.25, 0.3) is 0 Å². The molecule has 152 valence electrons. The Kier molecular flexibility index (Phi) is 7.62. The number of nitrogens with one attached hydrogen (secondary N) is 2. The minimum Gasteiger partial charge on any atom is -0.465 e. The van der Waals surface area contributed by atoms with Crippen molar-refractivity contribution in [1.82, 2.24) is 10.6 Å². The predicted molar refractivity (Wildman–Crippen MR) is 99.9 cm³/mol. The SMILES string of the molecule is CN=C(NCc1cc(C(=O)OC)c(C)o1)NCc1cc(Cl)ccc1OC(F)F. The van der Waals surface area contributed by atoms with Crippen LogP contribution in [0.2, 0.25) is 5.02 Å². The van der Waals surface area contributed by atoms with Crippen LogP contribution < -0.4 is 15.4 Å². The number of benzene rings is 1. The molecule has 0 aliphatic carbocycles. The van der Waals surface area contributed by atoms with E-state index < -0.39 is 12.6 Å². The minimum atomic E-state index is -2.94. The van der Waals surface area contributed by atoms with E-state index in [1.807, 2.05) is 0 Å². The topological polar surface area (TPSA) is 85.1 Å². The molecule has 0 spiro atoms. The average molecular weight is 416 g/mol. The van der Waals surface area contributed by atoms with E-state index in [0.717, 1.165) is 0 Å². The number of furan rings is 1. The maximum atomic E-state index is 12.5. The van der Waals surface area contributed by atoms with Crippen molar-refractivity contribution in [2.24, 2.45) is 4.99 Å². The Labute approximate surface area is 165 Å². The average Bonchev–Trinajstić information content (AvgIpc) is 3.03. The van der Waals surface area contributed by atoms with Crippen molar-refractivity contribution in [3.05, 3.63) is 51.9 Å². The van der Waals surface area contributed by atoms with Gasteiger partial charge in [0.25, 0.3) is 0 Å². The first-order valence-corrected chi connectivity index (χ1v) is 8.57. The molecule has 2 rings (SSSR count). The van der Waals surface area contributed by atoms with Gasteiger partial charge >= 0.3 is 12.6 Å². The number of halogens is 3. The Balaban J connectivity index is 1.99. The van der Waals surface area contributed by atoms with E-state index >= 15 is 0 Å². The third kappa shape index (κ3) is 5.85. The van der Waals surface area contributed by atoms with Crippen LogP contribution in [0.15, 0.2) is 33.7 Å². The second-order valence-electron chi connectivity index (χ2n) is 5.58. The number of methoxy groups -OCH3 is 1. The number of hydrogen-bond donors (Lipinski definition) is 2. The molecule has 0 unspecified atom stereocenters. The third-order valence-electron chi connectivity index (χ3n) is 3.71. The van der Waals surface area contributed by atoms with Gasteiger partial charge in [0, 0.05) is 24.2 Å². The highest BCUT2D eigenvalue weighted by Crippen LogP contribution is 2.24. The number of alkyl halides is 2. The monoisotopic (exact) mass is 415 g/mol. The summed E-state index contributed by atoms with van der Waals surface area (Å²) < 4.78 is 39.8. The highest BCUT2D eigenvalue weighted by Gasteiger charge is 2.16. The summed E-state index contributed by atoms with van der Waals surface area (Å²) >= 11 is 5.93. The van der Waals surface area contributed by atoms with E-state index in [2.05, 4.69) is 25.1 Å². The van der Waals surface area contributed by atoms with Crippen molar-refractivity contribution < 1.29 is 27.5 Å². The first kappa shape index (κ1) is 21.5. The summed E-state index contributed by atoms with van der Waals surface area (Å²) in [4.78, 5) is 15.7. The zero-order valence-corrected chi connectivity index (χ0v) is 16.3. The zero-order chi connectivity index (χ0) is 20.7. The van der Waals surface area contributed by atoms with Crippen LogP contribution in [0.5, 0.6) is 5.75 Å². The molecular weight excluding hydrogens is 396 g/mol. The summed E-state index contributed by atoms with van der Waals surface area (Å²) in [5, 5.41) is 6.37. The number of esters is 1. The van der Waals surface area contributed by atoms with Crippen LogP contribution in [-0.4, -0.2) is 32.7 Å². The van der Waals surface area contributed by atoms with Gasteiger partial charge in [-0.2, -0.15) is 8.78 Å². The van der Waals surface area contributed by atoms with Gasteiger partial charge in [0.1, 0.15) is 22.8 Å². The number of aliphatic imine (C=N–C) groups is 1. The molecule has 0 amide bonds. The Morgan fingerprint density at radius 2 is 2.00 bits per heavy atom. The summed E-state index contributed by atoms with van der Waals surface area (Å²) in [6, 6.07) is 5.95.